The molecule has 0 aromatic carbocycles. The first kappa shape index (κ1) is 9.71. The normalized spacial score (nSPS) is 15.6. The third kappa shape index (κ3) is 2.15. The van der Waals surface area contributed by atoms with Crippen molar-refractivity contribution in [3.8, 4) is 0 Å². The lowest BCUT2D eigenvalue weighted by molar-refractivity contribution is 0.788. The minimum atomic E-state index is 0.622. The van der Waals surface area contributed by atoms with Gasteiger partial charge in [-0.05, 0) is 25.3 Å². The Labute approximate surface area is 89.1 Å². The van der Waals surface area contributed by atoms with Crippen LogP contribution in [-0.4, -0.2) is 28.4 Å². The fraction of sp³-hybridized carbons (Fsp3) is 0.600. The lowest BCUT2D eigenvalue weighted by atomic mass is 10.4. The van der Waals surface area contributed by atoms with Crippen molar-refractivity contribution >= 4 is 17.5 Å². The smallest absolute Gasteiger partial charge is 0.225 e. The van der Waals surface area contributed by atoms with Gasteiger partial charge in [0.1, 0.15) is 0 Å². The second-order valence-corrected chi connectivity index (χ2v) is 4.05. The zero-order valence-corrected chi connectivity index (χ0v) is 9.04. The highest BCUT2D eigenvalue weighted by Gasteiger charge is 2.30. The maximum absolute atomic E-state index is 5.75. The van der Waals surface area contributed by atoms with Crippen LogP contribution < -0.4 is 4.90 Å². The molecule has 3 nitrogen and oxygen atoms in total. The van der Waals surface area contributed by atoms with Crippen molar-refractivity contribution in [2.75, 3.05) is 17.3 Å². The number of hydrogen-bond donors (Lipinski definition) is 0. The first-order valence-corrected chi connectivity index (χ1v) is 5.46. The number of alkyl halides is 1. The summed E-state index contributed by atoms with van der Waals surface area (Å²) in [6.07, 6.45) is 6.19. The summed E-state index contributed by atoms with van der Waals surface area (Å²) < 4.78 is 0. The Kier molecular flexibility index (Phi) is 2.87. The van der Waals surface area contributed by atoms with Crippen molar-refractivity contribution in [3.05, 3.63) is 18.0 Å². The van der Waals surface area contributed by atoms with E-state index in [1.807, 2.05) is 19.3 Å². The van der Waals surface area contributed by atoms with Gasteiger partial charge in [0, 0.05) is 30.9 Å². The SMILES string of the molecule is Cc1cnc(N(CCCl)C2CC2)nc1. The number of aryl methyl sites for hydroxylation is 1. The molecule has 0 saturated heterocycles. The summed E-state index contributed by atoms with van der Waals surface area (Å²) in [5.41, 5.74) is 1.09. The highest BCUT2D eigenvalue weighted by atomic mass is 35.5. The van der Waals surface area contributed by atoms with Crippen LogP contribution in [0.1, 0.15) is 18.4 Å². The predicted molar refractivity (Wildman–Crippen MR) is 57.9 cm³/mol. The van der Waals surface area contributed by atoms with E-state index < -0.39 is 0 Å². The molecule has 0 N–H and O–H groups in total. The lowest BCUT2D eigenvalue weighted by Crippen LogP contribution is -2.29. The van der Waals surface area contributed by atoms with E-state index in [4.69, 9.17) is 11.6 Å². The number of hydrogen-bond acceptors (Lipinski definition) is 3. The summed E-state index contributed by atoms with van der Waals surface area (Å²) in [7, 11) is 0. The van der Waals surface area contributed by atoms with Gasteiger partial charge in [0.05, 0.1) is 0 Å². The zero-order valence-electron chi connectivity index (χ0n) is 8.28. The highest BCUT2D eigenvalue weighted by molar-refractivity contribution is 6.18. The zero-order chi connectivity index (χ0) is 9.97. The van der Waals surface area contributed by atoms with Gasteiger partial charge in [-0.1, -0.05) is 0 Å². The minimum Gasteiger partial charge on any atom is -0.337 e. The van der Waals surface area contributed by atoms with Gasteiger partial charge in [0.15, 0.2) is 0 Å². The molecule has 14 heavy (non-hydrogen) atoms. The molecule has 1 fully saturated rings. The molecule has 76 valence electrons. The first-order chi connectivity index (χ1) is 6.81. The largest absolute Gasteiger partial charge is 0.337 e. The van der Waals surface area contributed by atoms with Gasteiger partial charge in [-0.2, -0.15) is 0 Å². The molecule has 1 aliphatic carbocycles. The van der Waals surface area contributed by atoms with Crippen LogP contribution in [0.15, 0.2) is 12.4 Å². The third-order valence-corrected chi connectivity index (χ3v) is 2.51. The molecule has 4 heteroatoms. The molecule has 0 amide bonds. The summed E-state index contributed by atoms with van der Waals surface area (Å²) in [6.45, 7) is 2.84. The maximum Gasteiger partial charge on any atom is 0.225 e. The van der Waals surface area contributed by atoms with Crippen molar-refractivity contribution in [2.45, 2.75) is 25.8 Å². The van der Waals surface area contributed by atoms with Gasteiger partial charge in [-0.3, -0.25) is 0 Å². The molecule has 0 spiro atoms. The molecule has 0 radical (unpaired) electrons. The van der Waals surface area contributed by atoms with E-state index in [0.29, 0.717) is 11.9 Å². The minimum absolute atomic E-state index is 0.622. The van der Waals surface area contributed by atoms with Gasteiger partial charge in [-0.25, -0.2) is 9.97 Å². The molecule has 1 aliphatic rings. The summed E-state index contributed by atoms with van der Waals surface area (Å²) >= 11 is 5.75. The fourth-order valence-electron chi connectivity index (χ4n) is 1.46. The van der Waals surface area contributed by atoms with E-state index in [1.165, 1.54) is 12.8 Å². The van der Waals surface area contributed by atoms with E-state index in [-0.39, 0.29) is 0 Å². The number of halogens is 1. The molecule has 1 heterocycles. The molecule has 1 aromatic rings. The van der Waals surface area contributed by atoms with Crippen LogP contribution >= 0.6 is 11.6 Å². The summed E-state index contributed by atoms with van der Waals surface area (Å²) in [6, 6.07) is 0.622. The van der Waals surface area contributed by atoms with Crippen molar-refractivity contribution in [1.82, 2.24) is 9.97 Å². The Bertz CT molecular complexity index is 295. The molecule has 1 aromatic heterocycles. The second-order valence-electron chi connectivity index (χ2n) is 3.67. The molecule has 2 rings (SSSR count). The van der Waals surface area contributed by atoms with E-state index in [9.17, 15) is 0 Å². The summed E-state index contributed by atoms with van der Waals surface area (Å²) in [5, 5.41) is 0. The molecular formula is C10H14ClN3. The van der Waals surface area contributed by atoms with Gasteiger partial charge in [0.25, 0.3) is 0 Å². The Morgan fingerprint density at radius 1 is 1.43 bits per heavy atom. The average Bonchev–Trinajstić information content (AvgIpc) is 2.99. The van der Waals surface area contributed by atoms with E-state index in [2.05, 4.69) is 14.9 Å². The second kappa shape index (κ2) is 4.13. The van der Waals surface area contributed by atoms with Gasteiger partial charge < -0.3 is 4.90 Å². The Morgan fingerprint density at radius 2 is 2.07 bits per heavy atom. The average molecular weight is 212 g/mol. The van der Waals surface area contributed by atoms with Crippen LogP contribution in [0.5, 0.6) is 0 Å². The molecule has 0 atom stereocenters. The Morgan fingerprint density at radius 3 is 2.57 bits per heavy atom. The fourth-order valence-corrected chi connectivity index (χ4v) is 1.64. The van der Waals surface area contributed by atoms with Crippen LogP contribution in [0.2, 0.25) is 0 Å². The van der Waals surface area contributed by atoms with Gasteiger partial charge in [0.2, 0.25) is 5.95 Å². The monoisotopic (exact) mass is 211 g/mol. The van der Waals surface area contributed by atoms with Gasteiger partial charge in [-0.15, -0.1) is 11.6 Å². The number of aromatic nitrogens is 2. The van der Waals surface area contributed by atoms with Crippen molar-refractivity contribution in [3.63, 3.8) is 0 Å². The summed E-state index contributed by atoms with van der Waals surface area (Å²) in [5.74, 6) is 1.45. The topological polar surface area (TPSA) is 29.0 Å². The molecular weight excluding hydrogens is 198 g/mol. The molecule has 0 aliphatic heterocycles. The van der Waals surface area contributed by atoms with E-state index >= 15 is 0 Å². The molecule has 1 saturated carbocycles. The van der Waals surface area contributed by atoms with E-state index in [1.54, 1.807) is 0 Å². The predicted octanol–water partition coefficient (Wildman–Crippen LogP) is 1.99. The number of nitrogens with zero attached hydrogens (tertiary/aromatic N) is 3. The third-order valence-electron chi connectivity index (χ3n) is 2.34. The Hall–Kier alpha value is -0.830. The standard InChI is InChI=1S/C10H14ClN3/c1-8-6-12-10(13-7-8)14(5-4-11)9-2-3-9/h6-7,9H,2-5H2,1H3. The van der Waals surface area contributed by atoms with E-state index in [0.717, 1.165) is 18.1 Å². The maximum atomic E-state index is 5.75. The first-order valence-electron chi connectivity index (χ1n) is 4.92. The van der Waals surface area contributed by atoms with Crippen LogP contribution in [-0.2, 0) is 0 Å². The van der Waals surface area contributed by atoms with Crippen LogP contribution in [0, 0.1) is 6.92 Å². The molecule has 0 unspecified atom stereocenters. The summed E-state index contributed by atoms with van der Waals surface area (Å²) in [4.78, 5) is 10.8. The quantitative estimate of drug-likeness (QED) is 0.714. The lowest BCUT2D eigenvalue weighted by Gasteiger charge is -2.20. The van der Waals surface area contributed by atoms with Crippen LogP contribution in [0.3, 0.4) is 0 Å². The van der Waals surface area contributed by atoms with Crippen LogP contribution in [0.4, 0.5) is 5.95 Å². The van der Waals surface area contributed by atoms with Gasteiger partial charge >= 0.3 is 0 Å². The van der Waals surface area contributed by atoms with Crippen molar-refractivity contribution in [2.24, 2.45) is 0 Å². The highest BCUT2D eigenvalue weighted by Crippen LogP contribution is 2.29. The van der Waals surface area contributed by atoms with Crippen molar-refractivity contribution in [1.29, 1.82) is 0 Å². The van der Waals surface area contributed by atoms with Crippen LogP contribution in [0.25, 0.3) is 0 Å². The Balaban J connectivity index is 2.13. The number of rotatable bonds is 4. The number of anilines is 1. The molecule has 0 bridgehead atoms. The van der Waals surface area contributed by atoms with Crippen molar-refractivity contribution < 1.29 is 0 Å².